The maximum atomic E-state index is 12.2. The molecule has 0 bridgehead atoms. The summed E-state index contributed by atoms with van der Waals surface area (Å²) in [5.41, 5.74) is 2.10. The predicted octanol–water partition coefficient (Wildman–Crippen LogP) is 2.58. The first-order chi connectivity index (χ1) is 14.5. The van der Waals surface area contributed by atoms with Crippen molar-refractivity contribution in [2.75, 3.05) is 5.32 Å². The Morgan fingerprint density at radius 3 is 2.63 bits per heavy atom. The van der Waals surface area contributed by atoms with Crippen molar-refractivity contribution in [3.8, 4) is 5.75 Å². The van der Waals surface area contributed by atoms with Gasteiger partial charge in [0.2, 0.25) is 0 Å². The number of aryl methyl sites for hydroxylation is 2. The lowest BCUT2D eigenvalue weighted by Crippen LogP contribution is -2.18. The zero-order valence-electron chi connectivity index (χ0n) is 16.1. The predicted molar refractivity (Wildman–Crippen MR) is 108 cm³/mol. The van der Waals surface area contributed by atoms with Gasteiger partial charge in [-0.25, -0.2) is 4.79 Å². The summed E-state index contributed by atoms with van der Waals surface area (Å²) < 4.78 is 13.4. The third-order valence-corrected chi connectivity index (χ3v) is 4.42. The van der Waals surface area contributed by atoms with Gasteiger partial charge in [0.1, 0.15) is 5.75 Å². The number of esters is 1. The number of aromatic nitrogens is 3. The molecule has 9 heteroatoms. The van der Waals surface area contributed by atoms with Crippen LogP contribution in [0.15, 0.2) is 70.1 Å². The van der Waals surface area contributed by atoms with Gasteiger partial charge in [0, 0.05) is 25.5 Å². The van der Waals surface area contributed by atoms with Gasteiger partial charge in [-0.3, -0.25) is 18.8 Å². The number of anilines is 1. The van der Waals surface area contributed by atoms with Gasteiger partial charge in [-0.15, -0.1) is 0 Å². The van der Waals surface area contributed by atoms with Gasteiger partial charge in [0.25, 0.3) is 5.91 Å². The zero-order chi connectivity index (χ0) is 21.1. The molecule has 0 saturated carbocycles. The normalized spacial score (nSPS) is 10.8. The molecule has 1 N–H and O–H groups in total. The summed E-state index contributed by atoms with van der Waals surface area (Å²) in [4.78, 5) is 36.2. The Labute approximate surface area is 170 Å². The average Bonchev–Trinajstić information content (AvgIpc) is 3.30. The fourth-order valence-electron chi connectivity index (χ4n) is 2.96. The van der Waals surface area contributed by atoms with Crippen molar-refractivity contribution in [2.24, 2.45) is 7.05 Å². The first kappa shape index (κ1) is 19.2. The zero-order valence-corrected chi connectivity index (χ0v) is 16.1. The van der Waals surface area contributed by atoms with Gasteiger partial charge in [0.15, 0.2) is 5.58 Å². The molecule has 0 radical (unpaired) electrons. The molecule has 0 aliphatic carbocycles. The number of para-hydroxylation sites is 2. The molecule has 2 heterocycles. The molecule has 0 saturated heterocycles. The van der Waals surface area contributed by atoms with Crippen LogP contribution >= 0.6 is 0 Å². The van der Waals surface area contributed by atoms with Crippen molar-refractivity contribution in [1.29, 1.82) is 0 Å². The molecule has 4 rings (SSSR count). The van der Waals surface area contributed by atoms with Gasteiger partial charge in [-0.1, -0.05) is 12.1 Å². The van der Waals surface area contributed by atoms with E-state index in [4.69, 9.17) is 9.15 Å². The van der Waals surface area contributed by atoms with E-state index in [0.717, 1.165) is 0 Å². The molecule has 4 aromatic rings. The maximum absolute atomic E-state index is 12.2. The highest BCUT2D eigenvalue weighted by molar-refractivity contribution is 6.03. The topological polar surface area (TPSA) is 108 Å². The summed E-state index contributed by atoms with van der Waals surface area (Å²) >= 11 is 0. The summed E-state index contributed by atoms with van der Waals surface area (Å²) in [5.74, 6) is -0.952. The molecule has 9 nitrogen and oxygen atoms in total. The fraction of sp³-hybridized carbons (Fsp3) is 0.143. The van der Waals surface area contributed by atoms with E-state index in [1.807, 2.05) is 0 Å². The minimum atomic E-state index is -0.516. The number of carbonyl (C=O) groups excluding carboxylic acids is 2. The number of hydrogen-bond acceptors (Lipinski definition) is 6. The number of amides is 1. The highest BCUT2D eigenvalue weighted by atomic mass is 16.5. The lowest BCUT2D eigenvalue weighted by Gasteiger charge is -2.07. The van der Waals surface area contributed by atoms with E-state index in [2.05, 4.69) is 10.4 Å². The molecule has 1 amide bonds. The van der Waals surface area contributed by atoms with Crippen LogP contribution in [0.5, 0.6) is 5.75 Å². The fourth-order valence-corrected chi connectivity index (χ4v) is 2.96. The third-order valence-electron chi connectivity index (χ3n) is 4.42. The largest absolute Gasteiger partial charge is 0.426 e. The van der Waals surface area contributed by atoms with Crippen LogP contribution in [0.1, 0.15) is 16.8 Å². The van der Waals surface area contributed by atoms with Gasteiger partial charge in [-0.2, -0.15) is 5.10 Å². The molecule has 2 aromatic carbocycles. The Kier molecular flexibility index (Phi) is 5.17. The van der Waals surface area contributed by atoms with Crippen LogP contribution < -0.4 is 15.8 Å². The number of oxazole rings is 1. The number of rotatable bonds is 6. The van der Waals surface area contributed by atoms with Crippen LogP contribution in [0, 0.1) is 0 Å². The highest BCUT2D eigenvalue weighted by Gasteiger charge is 2.12. The van der Waals surface area contributed by atoms with E-state index in [1.54, 1.807) is 61.8 Å². The van der Waals surface area contributed by atoms with Gasteiger partial charge in [0.05, 0.1) is 23.7 Å². The van der Waals surface area contributed by atoms with E-state index in [1.165, 1.54) is 15.4 Å². The summed E-state index contributed by atoms with van der Waals surface area (Å²) in [7, 11) is 1.73. The lowest BCUT2D eigenvalue weighted by atomic mass is 10.2. The number of benzene rings is 2. The number of nitrogens with one attached hydrogen (secondary N) is 1. The van der Waals surface area contributed by atoms with E-state index < -0.39 is 11.7 Å². The Bertz CT molecular complexity index is 1270. The number of carbonyl (C=O) groups is 2. The molecule has 0 fully saturated rings. The van der Waals surface area contributed by atoms with Crippen LogP contribution in [0.2, 0.25) is 0 Å². The van der Waals surface area contributed by atoms with E-state index in [9.17, 15) is 14.4 Å². The Balaban J connectivity index is 1.34. The van der Waals surface area contributed by atoms with Crippen molar-refractivity contribution in [3.05, 3.63) is 77.0 Å². The van der Waals surface area contributed by atoms with Crippen molar-refractivity contribution in [3.63, 3.8) is 0 Å². The van der Waals surface area contributed by atoms with E-state index in [-0.39, 0.29) is 18.9 Å². The summed E-state index contributed by atoms with van der Waals surface area (Å²) in [6, 6.07) is 13.4. The second-order valence-corrected chi connectivity index (χ2v) is 6.59. The summed E-state index contributed by atoms with van der Waals surface area (Å²) in [5, 5.41) is 6.69. The first-order valence-corrected chi connectivity index (χ1v) is 9.19. The van der Waals surface area contributed by atoms with Crippen molar-refractivity contribution >= 4 is 28.7 Å². The van der Waals surface area contributed by atoms with E-state index in [0.29, 0.717) is 28.1 Å². The minimum absolute atomic E-state index is 0.00291. The van der Waals surface area contributed by atoms with Crippen molar-refractivity contribution in [1.82, 2.24) is 14.3 Å². The van der Waals surface area contributed by atoms with Crippen LogP contribution in [0.4, 0.5) is 5.69 Å². The summed E-state index contributed by atoms with van der Waals surface area (Å²) in [6.45, 7) is 0.147. The second-order valence-electron chi connectivity index (χ2n) is 6.59. The number of ether oxygens (including phenoxy) is 1. The van der Waals surface area contributed by atoms with Crippen LogP contribution in [0.25, 0.3) is 11.1 Å². The smallest absolute Gasteiger partial charge is 0.419 e. The number of nitrogens with zero attached hydrogens (tertiary/aromatic N) is 3. The molecule has 0 aliphatic heterocycles. The molecule has 152 valence electrons. The summed E-state index contributed by atoms with van der Waals surface area (Å²) in [6.07, 6.45) is 3.09. The second kappa shape index (κ2) is 8.08. The third kappa shape index (κ3) is 4.14. The standard InChI is InChI=1S/C21H18N4O5/c1-24-13-14(12-22-24)20(27)23-15-6-8-16(9-7-15)29-19(26)10-11-25-17-4-2-3-5-18(17)30-21(25)28/h2-9,12-13H,10-11H2,1H3,(H,23,27). The highest BCUT2D eigenvalue weighted by Crippen LogP contribution is 2.18. The van der Waals surface area contributed by atoms with Crippen molar-refractivity contribution in [2.45, 2.75) is 13.0 Å². The molecular formula is C21H18N4O5. The molecule has 0 atom stereocenters. The monoisotopic (exact) mass is 406 g/mol. The van der Waals surface area contributed by atoms with Gasteiger partial charge in [-0.05, 0) is 36.4 Å². The molecule has 0 unspecified atom stereocenters. The van der Waals surface area contributed by atoms with Crippen LogP contribution in [0.3, 0.4) is 0 Å². The Morgan fingerprint density at radius 2 is 1.90 bits per heavy atom. The van der Waals surface area contributed by atoms with E-state index >= 15 is 0 Å². The first-order valence-electron chi connectivity index (χ1n) is 9.19. The lowest BCUT2D eigenvalue weighted by molar-refractivity contribution is -0.134. The molecule has 30 heavy (non-hydrogen) atoms. The maximum Gasteiger partial charge on any atom is 0.419 e. The SMILES string of the molecule is Cn1cc(C(=O)Nc2ccc(OC(=O)CCn3c(=O)oc4ccccc43)cc2)cn1. The van der Waals surface area contributed by atoms with Crippen LogP contribution in [-0.2, 0) is 18.4 Å². The number of fused-ring (bicyclic) bond motifs is 1. The molecule has 0 aliphatic rings. The van der Waals surface area contributed by atoms with Gasteiger partial charge < -0.3 is 14.5 Å². The molecule has 0 spiro atoms. The Morgan fingerprint density at radius 1 is 1.13 bits per heavy atom. The van der Waals surface area contributed by atoms with Crippen LogP contribution in [-0.4, -0.2) is 26.2 Å². The van der Waals surface area contributed by atoms with Gasteiger partial charge >= 0.3 is 11.7 Å². The van der Waals surface area contributed by atoms with Crippen molar-refractivity contribution < 1.29 is 18.7 Å². The molecule has 2 aromatic heterocycles. The Hall–Kier alpha value is -4.14. The quantitative estimate of drug-likeness (QED) is 0.389. The average molecular weight is 406 g/mol. The minimum Gasteiger partial charge on any atom is -0.426 e. The number of hydrogen-bond donors (Lipinski definition) is 1. The molecular weight excluding hydrogens is 388 g/mol.